The van der Waals surface area contributed by atoms with Crippen LogP contribution in [-0.4, -0.2) is 17.0 Å². The number of amides is 1. The number of carbonyl (C=O) groups is 2. The Morgan fingerprint density at radius 2 is 1.63 bits per heavy atom. The number of anilines is 1. The van der Waals surface area contributed by atoms with Crippen LogP contribution in [0.1, 0.15) is 24.8 Å². The molecule has 1 amide bonds. The maximum absolute atomic E-state index is 12.3. The summed E-state index contributed by atoms with van der Waals surface area (Å²) in [6, 6.07) is 12.1. The molecule has 0 unspecified atom stereocenters. The number of carboxylic acids is 1. The fourth-order valence-electron chi connectivity index (χ4n) is 2.90. The van der Waals surface area contributed by atoms with E-state index in [0.29, 0.717) is 51.9 Å². The highest BCUT2D eigenvalue weighted by atomic mass is 35.5. The third kappa shape index (κ3) is 4.62. The van der Waals surface area contributed by atoms with Crippen molar-refractivity contribution in [2.24, 2.45) is 0 Å². The van der Waals surface area contributed by atoms with Crippen LogP contribution in [0.2, 0.25) is 10.0 Å². The largest absolute Gasteiger partial charge is 0.489 e. The second kappa shape index (κ2) is 8.46. The lowest BCUT2D eigenvalue weighted by molar-refractivity contribution is -0.133. The van der Waals surface area contributed by atoms with E-state index in [2.05, 4.69) is 5.32 Å². The Balaban J connectivity index is 1.63. The first-order chi connectivity index (χ1) is 13.0. The Morgan fingerprint density at radius 1 is 1.00 bits per heavy atom. The van der Waals surface area contributed by atoms with Crippen LogP contribution in [0.5, 0.6) is 5.75 Å². The lowest BCUT2D eigenvalue weighted by Gasteiger charge is -2.11. The Labute approximate surface area is 166 Å². The van der Waals surface area contributed by atoms with Crippen molar-refractivity contribution in [1.29, 1.82) is 0 Å². The van der Waals surface area contributed by atoms with E-state index in [9.17, 15) is 9.59 Å². The van der Waals surface area contributed by atoms with Gasteiger partial charge >= 0.3 is 5.97 Å². The van der Waals surface area contributed by atoms with Crippen molar-refractivity contribution in [3.8, 4) is 5.75 Å². The smallest absolute Gasteiger partial charge is 0.332 e. The monoisotopic (exact) mass is 405 g/mol. The van der Waals surface area contributed by atoms with Gasteiger partial charge in [-0.05, 0) is 55.7 Å². The molecule has 0 atom stereocenters. The second-order valence-corrected chi connectivity index (χ2v) is 6.90. The summed E-state index contributed by atoms with van der Waals surface area (Å²) in [4.78, 5) is 23.5. The molecule has 0 bridgehead atoms. The fourth-order valence-corrected chi connectivity index (χ4v) is 3.40. The number of hydrogen-bond donors (Lipinski definition) is 2. The van der Waals surface area contributed by atoms with Crippen molar-refractivity contribution in [3.05, 3.63) is 69.2 Å². The summed E-state index contributed by atoms with van der Waals surface area (Å²) in [5, 5.41) is 12.9. The Morgan fingerprint density at radius 3 is 2.26 bits per heavy atom. The van der Waals surface area contributed by atoms with E-state index < -0.39 is 5.97 Å². The van der Waals surface area contributed by atoms with Gasteiger partial charge in [0.05, 0.1) is 0 Å². The summed E-state index contributed by atoms with van der Waals surface area (Å²) in [5.41, 5.74) is 1.81. The molecule has 27 heavy (non-hydrogen) atoms. The average molecular weight is 406 g/mol. The normalized spacial score (nSPS) is 13.6. The van der Waals surface area contributed by atoms with E-state index in [1.54, 1.807) is 42.5 Å². The van der Waals surface area contributed by atoms with Gasteiger partial charge in [-0.2, -0.15) is 0 Å². The number of ether oxygens (including phenoxy) is 1. The molecule has 5 nitrogen and oxygen atoms in total. The predicted octanol–water partition coefficient (Wildman–Crippen LogP) is 5.08. The van der Waals surface area contributed by atoms with Gasteiger partial charge in [0, 0.05) is 32.4 Å². The van der Waals surface area contributed by atoms with Crippen molar-refractivity contribution < 1.29 is 19.4 Å². The molecule has 1 aliphatic rings. The van der Waals surface area contributed by atoms with Crippen molar-refractivity contribution in [2.75, 3.05) is 5.32 Å². The lowest BCUT2D eigenvalue weighted by atomic mass is 10.1. The molecule has 0 saturated carbocycles. The average Bonchev–Trinajstić information content (AvgIpc) is 3.13. The number of carboxylic acid groups (broad SMARTS) is 1. The minimum atomic E-state index is -1.03. The zero-order valence-corrected chi connectivity index (χ0v) is 15.8. The third-order valence-electron chi connectivity index (χ3n) is 4.31. The molecule has 1 aliphatic carbocycles. The SMILES string of the molecule is O=C(O)C1=C(C(=O)Nc2ccc(OCc3c(Cl)cccc3Cl)cc2)CCC1. The number of nitrogens with one attached hydrogen (secondary N) is 1. The summed E-state index contributed by atoms with van der Waals surface area (Å²) in [6.45, 7) is 0.221. The minimum absolute atomic E-state index is 0.198. The lowest BCUT2D eigenvalue weighted by Crippen LogP contribution is -2.16. The number of benzene rings is 2. The number of halogens is 2. The van der Waals surface area contributed by atoms with Crippen molar-refractivity contribution >= 4 is 40.8 Å². The number of rotatable bonds is 6. The van der Waals surface area contributed by atoms with E-state index in [1.807, 2.05) is 0 Å². The van der Waals surface area contributed by atoms with Crippen LogP contribution in [0, 0.1) is 0 Å². The van der Waals surface area contributed by atoms with Crippen molar-refractivity contribution in [2.45, 2.75) is 25.9 Å². The summed E-state index contributed by atoms with van der Waals surface area (Å²) in [6.07, 6.45) is 1.59. The summed E-state index contributed by atoms with van der Waals surface area (Å²) >= 11 is 12.2. The number of hydrogen-bond acceptors (Lipinski definition) is 3. The van der Waals surface area contributed by atoms with E-state index in [0.717, 1.165) is 0 Å². The highest BCUT2D eigenvalue weighted by molar-refractivity contribution is 6.35. The molecular formula is C20H17Cl2NO4. The molecule has 0 heterocycles. The molecule has 140 valence electrons. The third-order valence-corrected chi connectivity index (χ3v) is 5.02. The van der Waals surface area contributed by atoms with Crippen LogP contribution in [0.3, 0.4) is 0 Å². The standard InChI is InChI=1S/C20H17Cl2NO4/c21-17-5-2-6-18(22)16(17)11-27-13-9-7-12(8-10-13)23-19(24)14-3-1-4-15(14)20(25)26/h2,5-10H,1,3-4,11H2,(H,23,24)(H,25,26). The van der Waals surface area contributed by atoms with E-state index in [4.69, 9.17) is 33.0 Å². The van der Waals surface area contributed by atoms with Crippen LogP contribution in [0.4, 0.5) is 5.69 Å². The first kappa shape index (κ1) is 19.3. The van der Waals surface area contributed by atoms with Gasteiger partial charge in [0.25, 0.3) is 5.91 Å². The second-order valence-electron chi connectivity index (χ2n) is 6.08. The highest BCUT2D eigenvalue weighted by Gasteiger charge is 2.25. The quantitative estimate of drug-likeness (QED) is 0.702. The molecule has 0 aliphatic heterocycles. The number of aliphatic carboxylic acids is 1. The molecule has 0 fully saturated rings. The predicted molar refractivity (Wildman–Crippen MR) is 104 cm³/mol. The molecule has 0 spiro atoms. The molecule has 2 N–H and O–H groups in total. The summed E-state index contributed by atoms with van der Waals surface area (Å²) < 4.78 is 5.69. The first-order valence-electron chi connectivity index (χ1n) is 8.38. The topological polar surface area (TPSA) is 75.6 Å². The van der Waals surface area contributed by atoms with Gasteiger partial charge in [-0.3, -0.25) is 4.79 Å². The maximum atomic E-state index is 12.3. The van der Waals surface area contributed by atoms with Crippen LogP contribution in [-0.2, 0) is 16.2 Å². The highest BCUT2D eigenvalue weighted by Crippen LogP contribution is 2.28. The fraction of sp³-hybridized carbons (Fsp3) is 0.200. The number of carbonyl (C=O) groups excluding carboxylic acids is 1. The first-order valence-corrected chi connectivity index (χ1v) is 9.13. The van der Waals surface area contributed by atoms with Crippen molar-refractivity contribution in [3.63, 3.8) is 0 Å². The van der Waals surface area contributed by atoms with Gasteiger partial charge in [-0.1, -0.05) is 29.3 Å². The van der Waals surface area contributed by atoms with Crippen molar-refractivity contribution in [1.82, 2.24) is 0 Å². The van der Waals surface area contributed by atoms with E-state index >= 15 is 0 Å². The minimum Gasteiger partial charge on any atom is -0.489 e. The molecule has 0 radical (unpaired) electrons. The van der Waals surface area contributed by atoms with Gasteiger partial charge in [0.1, 0.15) is 12.4 Å². The maximum Gasteiger partial charge on any atom is 0.332 e. The summed E-state index contributed by atoms with van der Waals surface area (Å²) in [7, 11) is 0. The zero-order chi connectivity index (χ0) is 19.4. The van der Waals surface area contributed by atoms with Gasteiger partial charge in [0.2, 0.25) is 0 Å². The van der Waals surface area contributed by atoms with Crippen LogP contribution < -0.4 is 10.1 Å². The Bertz CT molecular complexity index is 886. The molecule has 0 saturated heterocycles. The van der Waals surface area contributed by atoms with E-state index in [-0.39, 0.29) is 18.1 Å². The van der Waals surface area contributed by atoms with Gasteiger partial charge in [-0.15, -0.1) is 0 Å². The molecule has 0 aromatic heterocycles. The summed E-state index contributed by atoms with van der Waals surface area (Å²) in [5.74, 6) is -0.809. The van der Waals surface area contributed by atoms with E-state index in [1.165, 1.54) is 0 Å². The van der Waals surface area contributed by atoms with Gasteiger partial charge in [0.15, 0.2) is 0 Å². The zero-order valence-electron chi connectivity index (χ0n) is 14.3. The van der Waals surface area contributed by atoms with Crippen LogP contribution in [0.15, 0.2) is 53.6 Å². The Kier molecular flexibility index (Phi) is 6.04. The van der Waals surface area contributed by atoms with Crippen LogP contribution in [0.25, 0.3) is 0 Å². The van der Waals surface area contributed by atoms with Gasteiger partial charge < -0.3 is 15.2 Å². The molecule has 2 aromatic rings. The van der Waals surface area contributed by atoms with Crippen LogP contribution >= 0.6 is 23.2 Å². The molecule has 7 heteroatoms. The molecular weight excluding hydrogens is 389 g/mol. The molecule has 2 aromatic carbocycles. The molecule has 3 rings (SSSR count). The Hall–Kier alpha value is -2.50. The van der Waals surface area contributed by atoms with Gasteiger partial charge in [-0.25, -0.2) is 4.79 Å².